The van der Waals surface area contributed by atoms with Crippen LogP contribution in [0.1, 0.15) is 36.8 Å². The van der Waals surface area contributed by atoms with E-state index in [0.29, 0.717) is 5.41 Å². The summed E-state index contributed by atoms with van der Waals surface area (Å²) < 4.78 is 0. The second-order valence-electron chi connectivity index (χ2n) is 6.82. The van der Waals surface area contributed by atoms with Gasteiger partial charge in [0.1, 0.15) is 0 Å². The topological polar surface area (TPSA) is 27.6 Å². The molecule has 1 aromatic rings. The third kappa shape index (κ3) is 3.22. The average molecular weight is 285 g/mol. The zero-order valence-corrected chi connectivity index (χ0v) is 13.5. The minimum absolute atomic E-state index is 0.611. The first-order valence-electron chi connectivity index (χ1n) is 8.11. The molecule has 3 heteroatoms. The van der Waals surface area contributed by atoms with E-state index in [9.17, 15) is 0 Å². The van der Waals surface area contributed by atoms with Crippen LogP contribution in [0.4, 0.5) is 0 Å². The fourth-order valence-electron chi connectivity index (χ4n) is 3.34. The normalized spacial score (nSPS) is 20.2. The lowest BCUT2D eigenvalue weighted by Gasteiger charge is -2.25. The van der Waals surface area contributed by atoms with Crippen LogP contribution in [0, 0.1) is 18.3 Å². The number of benzene rings is 1. The third-order valence-electron chi connectivity index (χ3n) is 5.18. The Morgan fingerprint density at radius 1 is 1.33 bits per heavy atom. The summed E-state index contributed by atoms with van der Waals surface area (Å²) in [6.45, 7) is 4.18. The Hall–Kier alpha value is -1.51. The van der Waals surface area contributed by atoms with E-state index in [1.807, 2.05) is 7.05 Å². The molecule has 2 saturated carbocycles. The molecule has 2 fully saturated rings. The summed E-state index contributed by atoms with van der Waals surface area (Å²) >= 11 is 0. The van der Waals surface area contributed by atoms with Gasteiger partial charge in [-0.15, -0.1) is 0 Å². The van der Waals surface area contributed by atoms with Gasteiger partial charge in [0.2, 0.25) is 0 Å². The number of hydrogen-bond acceptors (Lipinski definition) is 1. The molecule has 0 radical (unpaired) electrons. The summed E-state index contributed by atoms with van der Waals surface area (Å²) in [5, 5.41) is 3.61. The van der Waals surface area contributed by atoms with Crippen LogP contribution in [-0.4, -0.2) is 31.5 Å². The van der Waals surface area contributed by atoms with Crippen molar-refractivity contribution < 1.29 is 0 Å². The second-order valence-corrected chi connectivity index (χ2v) is 6.82. The van der Waals surface area contributed by atoms with Gasteiger partial charge in [-0.3, -0.25) is 4.99 Å². The largest absolute Gasteiger partial charge is 0.356 e. The van der Waals surface area contributed by atoms with Crippen LogP contribution in [-0.2, 0) is 6.54 Å². The van der Waals surface area contributed by atoms with Crippen molar-refractivity contribution in [1.82, 2.24) is 10.2 Å². The van der Waals surface area contributed by atoms with Crippen LogP contribution >= 0.6 is 0 Å². The molecular formula is C18H27N3. The highest BCUT2D eigenvalue weighted by atomic mass is 15.3. The molecule has 0 bridgehead atoms. The van der Waals surface area contributed by atoms with Crippen LogP contribution in [0.3, 0.4) is 0 Å². The van der Waals surface area contributed by atoms with Crippen LogP contribution in [0.15, 0.2) is 29.3 Å². The van der Waals surface area contributed by atoms with Crippen molar-refractivity contribution in [2.75, 3.05) is 20.6 Å². The van der Waals surface area contributed by atoms with Crippen molar-refractivity contribution in [3.05, 3.63) is 35.4 Å². The van der Waals surface area contributed by atoms with Crippen LogP contribution in [0.2, 0.25) is 0 Å². The number of nitrogens with one attached hydrogen (secondary N) is 1. The monoisotopic (exact) mass is 285 g/mol. The number of guanidine groups is 1. The van der Waals surface area contributed by atoms with Crippen molar-refractivity contribution in [2.24, 2.45) is 16.3 Å². The first-order valence-corrected chi connectivity index (χ1v) is 8.11. The molecule has 2 aliphatic carbocycles. The smallest absolute Gasteiger partial charge is 0.193 e. The third-order valence-corrected chi connectivity index (χ3v) is 5.18. The van der Waals surface area contributed by atoms with Gasteiger partial charge >= 0.3 is 0 Å². The Morgan fingerprint density at radius 3 is 2.62 bits per heavy atom. The van der Waals surface area contributed by atoms with Crippen LogP contribution in [0.5, 0.6) is 0 Å². The Bertz CT molecular complexity index is 527. The minimum atomic E-state index is 0.611. The predicted molar refractivity (Wildman–Crippen MR) is 88.4 cm³/mol. The van der Waals surface area contributed by atoms with Crippen molar-refractivity contribution in [1.29, 1.82) is 0 Å². The molecule has 0 aromatic heterocycles. The Kier molecular flexibility index (Phi) is 3.92. The van der Waals surface area contributed by atoms with Crippen LogP contribution in [0.25, 0.3) is 0 Å². The lowest BCUT2D eigenvalue weighted by atomic mass is 10.0. The van der Waals surface area contributed by atoms with E-state index in [2.05, 4.69) is 53.4 Å². The Labute approximate surface area is 128 Å². The zero-order chi connectivity index (χ0) is 14.9. The number of rotatable bonds is 5. The van der Waals surface area contributed by atoms with E-state index in [1.165, 1.54) is 36.8 Å². The van der Waals surface area contributed by atoms with Crippen molar-refractivity contribution in [3.8, 4) is 0 Å². The fraction of sp³-hybridized carbons (Fsp3) is 0.611. The predicted octanol–water partition coefficient (Wildman–Crippen LogP) is 3.19. The van der Waals surface area contributed by atoms with Crippen molar-refractivity contribution >= 4 is 5.96 Å². The molecule has 0 spiro atoms. The number of aryl methyl sites for hydroxylation is 1. The average Bonchev–Trinajstić information content (AvgIpc) is 3.35. The van der Waals surface area contributed by atoms with Gasteiger partial charge in [-0.25, -0.2) is 0 Å². The molecule has 21 heavy (non-hydrogen) atoms. The summed E-state index contributed by atoms with van der Waals surface area (Å²) in [6.07, 6.45) is 5.70. The Morgan fingerprint density at radius 2 is 2.05 bits per heavy atom. The van der Waals surface area contributed by atoms with E-state index in [-0.39, 0.29) is 0 Å². The first kappa shape index (κ1) is 14.4. The van der Waals surface area contributed by atoms with Crippen molar-refractivity contribution in [3.63, 3.8) is 0 Å². The molecule has 0 heterocycles. The molecule has 3 nitrogen and oxygen atoms in total. The highest BCUT2D eigenvalue weighted by Crippen LogP contribution is 2.60. The molecular weight excluding hydrogens is 258 g/mol. The van der Waals surface area contributed by atoms with Gasteiger partial charge in [-0.1, -0.05) is 24.3 Å². The lowest BCUT2D eigenvalue weighted by molar-refractivity contribution is 0.409. The molecule has 3 rings (SSSR count). The molecule has 2 aliphatic rings. The van der Waals surface area contributed by atoms with Crippen molar-refractivity contribution in [2.45, 2.75) is 39.2 Å². The minimum Gasteiger partial charge on any atom is -0.356 e. The summed E-state index contributed by atoms with van der Waals surface area (Å²) in [7, 11) is 4.01. The van der Waals surface area contributed by atoms with Crippen LogP contribution < -0.4 is 5.32 Å². The highest BCUT2D eigenvalue weighted by molar-refractivity contribution is 5.79. The van der Waals surface area contributed by atoms with E-state index in [1.54, 1.807) is 0 Å². The van der Waals surface area contributed by atoms with Gasteiger partial charge < -0.3 is 10.2 Å². The molecule has 0 amide bonds. The second kappa shape index (κ2) is 5.70. The van der Waals surface area contributed by atoms with Gasteiger partial charge in [0.25, 0.3) is 0 Å². The Balaban J connectivity index is 1.57. The summed E-state index contributed by atoms with van der Waals surface area (Å²) in [5.74, 6) is 2.01. The summed E-state index contributed by atoms with van der Waals surface area (Å²) in [4.78, 5) is 6.68. The maximum atomic E-state index is 4.46. The molecule has 114 valence electrons. The SMILES string of the molecule is CN=C(NCC1(C2CC2)CC1)N(C)Cc1ccccc1C. The quantitative estimate of drug-likeness (QED) is 0.664. The zero-order valence-electron chi connectivity index (χ0n) is 13.5. The van der Waals surface area contributed by atoms with E-state index in [0.717, 1.165) is 25.0 Å². The van der Waals surface area contributed by atoms with E-state index < -0.39 is 0 Å². The van der Waals surface area contributed by atoms with Gasteiger partial charge in [-0.2, -0.15) is 0 Å². The van der Waals surface area contributed by atoms with Gasteiger partial charge in [0, 0.05) is 27.2 Å². The summed E-state index contributed by atoms with van der Waals surface area (Å²) in [5.41, 5.74) is 3.32. The first-order chi connectivity index (χ1) is 10.1. The lowest BCUT2D eigenvalue weighted by Crippen LogP contribution is -2.41. The fourth-order valence-corrected chi connectivity index (χ4v) is 3.34. The van der Waals surface area contributed by atoms with Gasteiger partial charge in [0.15, 0.2) is 5.96 Å². The number of nitrogens with zero attached hydrogens (tertiary/aromatic N) is 2. The maximum Gasteiger partial charge on any atom is 0.193 e. The maximum absolute atomic E-state index is 4.46. The standard InChI is InChI=1S/C18H27N3/c1-14-6-4-5-7-15(14)12-21(3)17(19-2)20-13-18(10-11-18)16-8-9-16/h4-7,16H,8-13H2,1-3H3,(H,19,20). The molecule has 0 saturated heterocycles. The van der Waals surface area contributed by atoms with E-state index >= 15 is 0 Å². The van der Waals surface area contributed by atoms with E-state index in [4.69, 9.17) is 0 Å². The molecule has 1 N–H and O–H groups in total. The highest BCUT2D eigenvalue weighted by Gasteiger charge is 2.53. The molecule has 0 unspecified atom stereocenters. The number of aliphatic imine (C=N–C) groups is 1. The molecule has 1 aromatic carbocycles. The molecule has 0 atom stereocenters. The number of hydrogen-bond donors (Lipinski definition) is 1. The summed E-state index contributed by atoms with van der Waals surface area (Å²) in [6, 6.07) is 8.58. The van der Waals surface area contributed by atoms with Gasteiger partial charge in [-0.05, 0) is 55.1 Å². The van der Waals surface area contributed by atoms with Gasteiger partial charge in [0.05, 0.1) is 0 Å². The molecule has 0 aliphatic heterocycles.